The van der Waals surface area contributed by atoms with Gasteiger partial charge in [0, 0.05) is 21.9 Å². The topological polar surface area (TPSA) is 44.9 Å². The van der Waals surface area contributed by atoms with Crippen molar-refractivity contribution in [2.45, 2.75) is 13.5 Å². The van der Waals surface area contributed by atoms with Crippen LogP contribution in [0.4, 0.5) is 0 Å². The van der Waals surface area contributed by atoms with E-state index in [1.165, 1.54) is 5.56 Å². The van der Waals surface area contributed by atoms with E-state index in [0.29, 0.717) is 12.2 Å². The molecule has 2 N–H and O–H groups in total. The van der Waals surface area contributed by atoms with Crippen molar-refractivity contribution in [1.29, 1.82) is 0 Å². The Kier molecular flexibility index (Phi) is 3.80. The Morgan fingerprint density at radius 1 is 1.19 bits per heavy atom. The highest BCUT2D eigenvalue weighted by Crippen LogP contribution is 2.20. The normalized spacial score (nSPS) is 10.8. The number of nitrogens with one attached hydrogen (secondary N) is 2. The molecule has 0 spiro atoms. The summed E-state index contributed by atoms with van der Waals surface area (Å²) >= 11 is 3.43. The molecule has 0 aliphatic heterocycles. The quantitative estimate of drug-likeness (QED) is 0.737. The van der Waals surface area contributed by atoms with Crippen LogP contribution in [0.3, 0.4) is 0 Å². The van der Waals surface area contributed by atoms with Crippen LogP contribution < -0.4 is 5.32 Å². The second kappa shape index (κ2) is 5.74. The fourth-order valence-electron chi connectivity index (χ4n) is 2.30. The van der Waals surface area contributed by atoms with E-state index in [2.05, 4.69) is 26.2 Å². The minimum absolute atomic E-state index is 0.0921. The highest BCUT2D eigenvalue weighted by atomic mass is 79.9. The largest absolute Gasteiger partial charge is 0.350 e. The molecule has 3 nitrogen and oxygen atoms in total. The number of aromatic nitrogens is 1. The number of aromatic amines is 1. The first-order valence-electron chi connectivity index (χ1n) is 6.74. The van der Waals surface area contributed by atoms with Crippen molar-refractivity contribution in [1.82, 2.24) is 10.3 Å². The Hall–Kier alpha value is -2.07. The number of benzene rings is 2. The molecule has 1 aromatic heterocycles. The summed E-state index contributed by atoms with van der Waals surface area (Å²) in [6.07, 6.45) is 0. The number of carbonyl (C=O) groups excluding carboxylic acids is 1. The number of amides is 1. The monoisotopic (exact) mass is 342 g/mol. The average molecular weight is 343 g/mol. The third-order valence-corrected chi connectivity index (χ3v) is 4.02. The molecule has 1 amide bonds. The van der Waals surface area contributed by atoms with Crippen LogP contribution in [0.5, 0.6) is 0 Å². The van der Waals surface area contributed by atoms with E-state index in [9.17, 15) is 4.79 Å². The molecule has 21 heavy (non-hydrogen) atoms. The highest BCUT2D eigenvalue weighted by molar-refractivity contribution is 9.10. The zero-order valence-electron chi connectivity index (χ0n) is 11.6. The number of halogens is 1. The summed E-state index contributed by atoms with van der Waals surface area (Å²) in [7, 11) is 0. The first kappa shape index (κ1) is 13.9. The average Bonchev–Trinajstić information content (AvgIpc) is 2.89. The third kappa shape index (κ3) is 3.00. The van der Waals surface area contributed by atoms with Gasteiger partial charge in [-0.05, 0) is 36.2 Å². The van der Waals surface area contributed by atoms with Gasteiger partial charge in [-0.1, -0.05) is 46.3 Å². The van der Waals surface area contributed by atoms with Gasteiger partial charge in [0.15, 0.2) is 0 Å². The van der Waals surface area contributed by atoms with Crippen LogP contribution in [0.15, 0.2) is 53.0 Å². The van der Waals surface area contributed by atoms with Gasteiger partial charge in [-0.2, -0.15) is 0 Å². The molecule has 0 fully saturated rings. The Morgan fingerprint density at radius 3 is 2.81 bits per heavy atom. The summed E-state index contributed by atoms with van der Waals surface area (Å²) in [5, 5.41) is 3.98. The van der Waals surface area contributed by atoms with E-state index in [4.69, 9.17) is 0 Å². The summed E-state index contributed by atoms with van der Waals surface area (Å²) < 4.78 is 0.990. The van der Waals surface area contributed by atoms with Gasteiger partial charge < -0.3 is 10.3 Å². The highest BCUT2D eigenvalue weighted by Gasteiger charge is 2.09. The maximum Gasteiger partial charge on any atom is 0.267 e. The lowest BCUT2D eigenvalue weighted by Crippen LogP contribution is -2.23. The van der Waals surface area contributed by atoms with Gasteiger partial charge in [0.2, 0.25) is 0 Å². The lowest BCUT2D eigenvalue weighted by Gasteiger charge is -2.06. The predicted molar refractivity (Wildman–Crippen MR) is 88.3 cm³/mol. The molecule has 0 aliphatic rings. The van der Waals surface area contributed by atoms with Crippen molar-refractivity contribution in [2.24, 2.45) is 0 Å². The van der Waals surface area contributed by atoms with Crippen LogP contribution in [-0.4, -0.2) is 10.9 Å². The predicted octanol–water partition coefficient (Wildman–Crippen LogP) is 4.17. The zero-order valence-corrected chi connectivity index (χ0v) is 13.2. The molecule has 2 aromatic carbocycles. The van der Waals surface area contributed by atoms with Crippen LogP contribution >= 0.6 is 15.9 Å². The molecule has 0 saturated carbocycles. The lowest BCUT2D eigenvalue weighted by molar-refractivity contribution is 0.0946. The van der Waals surface area contributed by atoms with E-state index in [0.717, 1.165) is 20.9 Å². The molecule has 1 heterocycles. The summed E-state index contributed by atoms with van der Waals surface area (Å²) in [4.78, 5) is 15.4. The van der Waals surface area contributed by atoms with Crippen molar-refractivity contribution in [3.05, 3.63) is 69.8 Å². The summed E-state index contributed by atoms with van der Waals surface area (Å²) in [6, 6.07) is 15.8. The zero-order chi connectivity index (χ0) is 14.8. The maximum atomic E-state index is 12.2. The van der Waals surface area contributed by atoms with E-state index >= 15 is 0 Å². The number of hydrogen-bond acceptors (Lipinski definition) is 1. The van der Waals surface area contributed by atoms with Crippen LogP contribution in [0.25, 0.3) is 10.9 Å². The second-order valence-corrected chi connectivity index (χ2v) is 5.94. The van der Waals surface area contributed by atoms with Gasteiger partial charge >= 0.3 is 0 Å². The first-order chi connectivity index (χ1) is 10.1. The number of carbonyl (C=O) groups is 1. The Morgan fingerprint density at radius 2 is 2.00 bits per heavy atom. The van der Waals surface area contributed by atoms with Gasteiger partial charge in [-0.25, -0.2) is 0 Å². The fourth-order valence-corrected chi connectivity index (χ4v) is 2.66. The molecule has 0 unspecified atom stereocenters. The number of aryl methyl sites for hydroxylation is 1. The van der Waals surface area contributed by atoms with Crippen molar-refractivity contribution in [3.8, 4) is 0 Å². The van der Waals surface area contributed by atoms with Crippen LogP contribution in [0, 0.1) is 6.92 Å². The third-order valence-electron chi connectivity index (χ3n) is 3.53. The molecule has 0 saturated heterocycles. The molecule has 3 aromatic rings. The molecular formula is C17H15BrN2O. The minimum atomic E-state index is -0.0921. The van der Waals surface area contributed by atoms with Gasteiger partial charge in [0.05, 0.1) is 0 Å². The summed E-state index contributed by atoms with van der Waals surface area (Å²) in [6.45, 7) is 2.58. The standard InChI is InChI=1S/C17H15BrN2O/c1-11-4-2-3-5-13(11)10-19-17(21)16-8-12-6-7-14(18)9-15(12)20-16/h2-9,20H,10H2,1H3,(H,19,21). The fraction of sp³-hybridized carbons (Fsp3) is 0.118. The lowest BCUT2D eigenvalue weighted by atomic mass is 10.1. The molecule has 4 heteroatoms. The first-order valence-corrected chi connectivity index (χ1v) is 7.54. The van der Waals surface area contributed by atoms with Gasteiger partial charge in [0.25, 0.3) is 5.91 Å². The molecule has 0 radical (unpaired) electrons. The van der Waals surface area contributed by atoms with Crippen LogP contribution in [-0.2, 0) is 6.54 Å². The van der Waals surface area contributed by atoms with Crippen molar-refractivity contribution < 1.29 is 4.79 Å². The summed E-state index contributed by atoms with van der Waals surface area (Å²) in [5.41, 5.74) is 3.84. The number of rotatable bonds is 3. The van der Waals surface area contributed by atoms with E-state index in [1.54, 1.807) is 0 Å². The SMILES string of the molecule is Cc1ccccc1CNC(=O)c1cc2ccc(Br)cc2[nH]1. The second-order valence-electron chi connectivity index (χ2n) is 5.02. The van der Waals surface area contributed by atoms with Crippen LogP contribution in [0.2, 0.25) is 0 Å². The molecule has 0 atom stereocenters. The number of hydrogen-bond donors (Lipinski definition) is 2. The smallest absolute Gasteiger partial charge is 0.267 e. The van der Waals surface area contributed by atoms with Crippen molar-refractivity contribution in [3.63, 3.8) is 0 Å². The minimum Gasteiger partial charge on any atom is -0.350 e. The van der Waals surface area contributed by atoms with Crippen LogP contribution in [0.1, 0.15) is 21.6 Å². The molecule has 106 valence electrons. The molecule has 0 bridgehead atoms. The Bertz CT molecular complexity index is 807. The van der Waals surface area contributed by atoms with Gasteiger partial charge in [-0.15, -0.1) is 0 Å². The Balaban J connectivity index is 1.76. The number of fused-ring (bicyclic) bond motifs is 1. The summed E-state index contributed by atoms with van der Waals surface area (Å²) in [5.74, 6) is -0.0921. The van der Waals surface area contributed by atoms with Gasteiger partial charge in [0.1, 0.15) is 5.69 Å². The van der Waals surface area contributed by atoms with E-state index in [-0.39, 0.29) is 5.91 Å². The maximum absolute atomic E-state index is 12.2. The molecule has 3 rings (SSSR count). The molecular weight excluding hydrogens is 328 g/mol. The van der Waals surface area contributed by atoms with E-state index in [1.807, 2.05) is 55.5 Å². The van der Waals surface area contributed by atoms with Crippen molar-refractivity contribution >= 4 is 32.7 Å². The van der Waals surface area contributed by atoms with E-state index < -0.39 is 0 Å². The Labute approximate surface area is 131 Å². The van der Waals surface area contributed by atoms with Gasteiger partial charge in [-0.3, -0.25) is 4.79 Å². The van der Waals surface area contributed by atoms with Crippen molar-refractivity contribution in [2.75, 3.05) is 0 Å². The number of H-pyrrole nitrogens is 1. The molecule has 0 aliphatic carbocycles.